The third kappa shape index (κ3) is 4.25. The molecule has 6 heteroatoms. The summed E-state index contributed by atoms with van der Waals surface area (Å²) in [5.41, 5.74) is 3.06. The van der Waals surface area contributed by atoms with Gasteiger partial charge in [0.05, 0.1) is 10.2 Å². The van der Waals surface area contributed by atoms with E-state index in [2.05, 4.69) is 56.9 Å². The summed E-state index contributed by atoms with van der Waals surface area (Å²) in [6.45, 7) is 3.00. The van der Waals surface area contributed by atoms with Gasteiger partial charge in [-0.05, 0) is 54.6 Å². The van der Waals surface area contributed by atoms with Crippen molar-refractivity contribution < 1.29 is 4.79 Å². The quantitative estimate of drug-likeness (QED) is 0.557. The summed E-state index contributed by atoms with van der Waals surface area (Å²) in [7, 11) is 0. The van der Waals surface area contributed by atoms with Gasteiger partial charge in [-0.3, -0.25) is 4.79 Å². The standard InChI is InChI=1S/C19H19BrN2OS2/c1-3-13-4-9-16-17(12-13)25-19(22(16)10-11-24-2)21-18(23)14-5-7-15(20)8-6-14/h4-9,12H,3,10-11H2,1-2H3. The number of hydrogen-bond donors (Lipinski definition) is 0. The Bertz CT molecular complexity index is 958. The number of halogens is 1. The average Bonchev–Trinajstić information content (AvgIpc) is 2.96. The van der Waals surface area contributed by atoms with E-state index in [0.717, 1.165) is 33.5 Å². The first kappa shape index (κ1) is 18.4. The number of fused-ring (bicyclic) bond motifs is 1. The summed E-state index contributed by atoms with van der Waals surface area (Å²) in [5.74, 6) is 0.786. The number of rotatable bonds is 5. The highest BCUT2D eigenvalue weighted by Gasteiger charge is 2.10. The van der Waals surface area contributed by atoms with Crippen LogP contribution in [-0.2, 0) is 13.0 Å². The molecule has 0 bridgehead atoms. The van der Waals surface area contributed by atoms with Gasteiger partial charge in [-0.15, -0.1) is 0 Å². The summed E-state index contributed by atoms with van der Waals surface area (Å²) in [6.07, 6.45) is 3.09. The van der Waals surface area contributed by atoms with E-state index in [1.807, 2.05) is 12.1 Å². The molecule has 1 aromatic heterocycles. The van der Waals surface area contributed by atoms with Crippen LogP contribution < -0.4 is 4.80 Å². The Hall–Kier alpha value is -1.37. The second kappa shape index (κ2) is 8.34. The maximum absolute atomic E-state index is 12.6. The van der Waals surface area contributed by atoms with Crippen LogP contribution in [0.5, 0.6) is 0 Å². The molecule has 0 saturated carbocycles. The van der Waals surface area contributed by atoms with Crippen molar-refractivity contribution >= 4 is 55.2 Å². The van der Waals surface area contributed by atoms with Gasteiger partial charge in [-0.1, -0.05) is 40.3 Å². The van der Waals surface area contributed by atoms with E-state index >= 15 is 0 Å². The maximum atomic E-state index is 12.6. The second-order valence-corrected chi connectivity index (χ2v) is 8.52. The lowest BCUT2D eigenvalue weighted by Gasteiger charge is -2.04. The molecular weight excluding hydrogens is 416 g/mol. The lowest BCUT2D eigenvalue weighted by Crippen LogP contribution is -2.18. The van der Waals surface area contributed by atoms with Crippen molar-refractivity contribution in [3.8, 4) is 0 Å². The van der Waals surface area contributed by atoms with Crippen LogP contribution >= 0.6 is 39.0 Å². The van der Waals surface area contributed by atoms with E-state index < -0.39 is 0 Å². The van der Waals surface area contributed by atoms with Crippen molar-refractivity contribution in [2.45, 2.75) is 19.9 Å². The van der Waals surface area contributed by atoms with Crippen LogP contribution in [-0.4, -0.2) is 22.5 Å². The molecule has 0 N–H and O–H groups in total. The van der Waals surface area contributed by atoms with Crippen molar-refractivity contribution in [1.29, 1.82) is 0 Å². The summed E-state index contributed by atoms with van der Waals surface area (Å²) in [6, 6.07) is 13.8. The highest BCUT2D eigenvalue weighted by Crippen LogP contribution is 2.20. The number of benzene rings is 2. The molecule has 0 spiro atoms. The van der Waals surface area contributed by atoms with Gasteiger partial charge in [0, 0.05) is 22.3 Å². The summed E-state index contributed by atoms with van der Waals surface area (Å²) < 4.78 is 4.29. The predicted molar refractivity (Wildman–Crippen MR) is 112 cm³/mol. The summed E-state index contributed by atoms with van der Waals surface area (Å²) in [4.78, 5) is 17.7. The van der Waals surface area contributed by atoms with Gasteiger partial charge in [0.15, 0.2) is 4.80 Å². The minimum atomic E-state index is -0.201. The smallest absolute Gasteiger partial charge is 0.279 e. The zero-order chi connectivity index (χ0) is 17.8. The van der Waals surface area contributed by atoms with Crippen LogP contribution in [0.15, 0.2) is 51.9 Å². The zero-order valence-corrected chi connectivity index (χ0v) is 17.4. The number of thiazole rings is 1. The Morgan fingerprint density at radius 1 is 1.24 bits per heavy atom. The fourth-order valence-corrected chi connectivity index (χ4v) is 4.31. The Morgan fingerprint density at radius 2 is 2.00 bits per heavy atom. The Labute approximate surface area is 163 Å². The minimum absolute atomic E-state index is 0.201. The van der Waals surface area contributed by atoms with Crippen molar-refractivity contribution in [3.05, 3.63) is 62.9 Å². The van der Waals surface area contributed by atoms with E-state index in [9.17, 15) is 4.79 Å². The van der Waals surface area contributed by atoms with Crippen molar-refractivity contribution in [1.82, 2.24) is 4.57 Å². The first-order chi connectivity index (χ1) is 12.1. The van der Waals surface area contributed by atoms with Gasteiger partial charge in [0.2, 0.25) is 0 Å². The maximum Gasteiger partial charge on any atom is 0.279 e. The monoisotopic (exact) mass is 434 g/mol. The third-order valence-corrected chi connectivity index (χ3v) is 6.12. The molecule has 0 atom stereocenters. The molecule has 3 rings (SSSR count). The zero-order valence-electron chi connectivity index (χ0n) is 14.2. The highest BCUT2D eigenvalue weighted by molar-refractivity contribution is 9.10. The van der Waals surface area contributed by atoms with E-state index in [1.165, 1.54) is 10.3 Å². The second-order valence-electron chi connectivity index (χ2n) is 5.61. The Morgan fingerprint density at radius 3 is 2.68 bits per heavy atom. The Balaban J connectivity index is 2.09. The molecule has 0 aliphatic carbocycles. The lowest BCUT2D eigenvalue weighted by molar-refractivity contribution is 0.0998. The molecule has 1 amide bonds. The van der Waals surface area contributed by atoms with Crippen molar-refractivity contribution in [2.24, 2.45) is 4.99 Å². The van der Waals surface area contributed by atoms with Gasteiger partial charge < -0.3 is 4.57 Å². The van der Waals surface area contributed by atoms with Gasteiger partial charge in [-0.2, -0.15) is 16.8 Å². The van der Waals surface area contributed by atoms with Crippen LogP contribution in [0.1, 0.15) is 22.8 Å². The molecule has 130 valence electrons. The van der Waals surface area contributed by atoms with Crippen LogP contribution in [0.25, 0.3) is 10.2 Å². The van der Waals surface area contributed by atoms with Gasteiger partial charge in [0.1, 0.15) is 0 Å². The molecular formula is C19H19BrN2OS2. The van der Waals surface area contributed by atoms with E-state index in [4.69, 9.17) is 0 Å². The number of aryl methyl sites for hydroxylation is 2. The largest absolute Gasteiger partial charge is 0.316 e. The minimum Gasteiger partial charge on any atom is -0.316 e. The van der Waals surface area contributed by atoms with Crippen molar-refractivity contribution in [2.75, 3.05) is 12.0 Å². The van der Waals surface area contributed by atoms with Crippen LogP contribution in [0.4, 0.5) is 0 Å². The first-order valence-corrected chi connectivity index (χ1v) is 11.1. The third-order valence-electron chi connectivity index (χ3n) is 3.96. The fourth-order valence-electron chi connectivity index (χ4n) is 2.57. The summed E-state index contributed by atoms with van der Waals surface area (Å²) >= 11 is 6.77. The molecule has 0 radical (unpaired) electrons. The number of nitrogens with zero attached hydrogens (tertiary/aromatic N) is 2. The van der Waals surface area contributed by atoms with Crippen molar-refractivity contribution in [3.63, 3.8) is 0 Å². The number of carbonyl (C=O) groups is 1. The molecule has 25 heavy (non-hydrogen) atoms. The average molecular weight is 435 g/mol. The molecule has 0 saturated heterocycles. The van der Waals surface area contributed by atoms with E-state index in [0.29, 0.717) is 5.56 Å². The summed E-state index contributed by atoms with van der Waals surface area (Å²) in [5, 5.41) is 0. The van der Waals surface area contributed by atoms with Crippen LogP contribution in [0.3, 0.4) is 0 Å². The normalized spacial score (nSPS) is 12.0. The molecule has 3 nitrogen and oxygen atoms in total. The fraction of sp³-hybridized carbons (Fsp3) is 0.263. The number of carbonyl (C=O) groups excluding carboxylic acids is 1. The molecule has 2 aromatic carbocycles. The van der Waals surface area contributed by atoms with Gasteiger partial charge in [-0.25, -0.2) is 0 Å². The first-order valence-electron chi connectivity index (χ1n) is 8.08. The van der Waals surface area contributed by atoms with E-state index in [1.54, 1.807) is 35.2 Å². The number of thioether (sulfide) groups is 1. The molecule has 3 aromatic rings. The predicted octanol–water partition coefficient (Wildman–Crippen LogP) is 5.13. The molecule has 1 heterocycles. The van der Waals surface area contributed by atoms with Gasteiger partial charge in [0.25, 0.3) is 5.91 Å². The molecule has 0 unspecified atom stereocenters. The van der Waals surface area contributed by atoms with Crippen LogP contribution in [0, 0.1) is 0 Å². The topological polar surface area (TPSA) is 34.4 Å². The number of amides is 1. The number of hydrogen-bond acceptors (Lipinski definition) is 3. The highest BCUT2D eigenvalue weighted by atomic mass is 79.9. The van der Waals surface area contributed by atoms with Gasteiger partial charge >= 0.3 is 0 Å². The lowest BCUT2D eigenvalue weighted by atomic mass is 10.2. The molecule has 0 aliphatic heterocycles. The van der Waals surface area contributed by atoms with Crippen LogP contribution in [0.2, 0.25) is 0 Å². The molecule has 0 aliphatic rings. The SMILES string of the molecule is CCc1ccc2c(c1)sc(=NC(=O)c1ccc(Br)cc1)n2CCSC. The Kier molecular flexibility index (Phi) is 6.15. The van der Waals surface area contributed by atoms with E-state index in [-0.39, 0.29) is 5.91 Å². The number of aromatic nitrogens is 1. The molecule has 0 fully saturated rings.